The molecule has 0 radical (unpaired) electrons. The summed E-state index contributed by atoms with van der Waals surface area (Å²) < 4.78 is 13.8. The number of likely N-dealkylation sites (tertiary alicyclic amines) is 1. The number of amides is 1. The molecule has 1 N–H and O–H groups in total. The van der Waals surface area contributed by atoms with E-state index in [2.05, 4.69) is 4.98 Å². The van der Waals surface area contributed by atoms with E-state index in [9.17, 15) is 19.1 Å². The van der Waals surface area contributed by atoms with Crippen LogP contribution in [0.4, 0.5) is 4.39 Å². The number of nitrogens with zero attached hydrogens (tertiary/aromatic N) is 2. The van der Waals surface area contributed by atoms with Crippen molar-refractivity contribution in [3.63, 3.8) is 0 Å². The van der Waals surface area contributed by atoms with Crippen molar-refractivity contribution in [2.45, 2.75) is 44.1 Å². The molecule has 0 spiro atoms. The Balaban J connectivity index is 1.82. The molecule has 130 valence electrons. The maximum absolute atomic E-state index is 13.8. The number of aliphatic carboxylic acids is 1. The molecule has 2 heterocycles. The standard InChI is InChI=1S/C19H19FN2O3/c20-12-6-7-15-13(9-12)14(10-16(21-15)11-4-5-11)18(23)22-8-2-1-3-17(22)19(24)25/h6-7,9-11,17H,1-5,8H2,(H,24,25)/t17-/m1/s1. The number of rotatable bonds is 3. The van der Waals surface area contributed by atoms with E-state index in [0.717, 1.165) is 31.4 Å². The van der Waals surface area contributed by atoms with E-state index >= 15 is 0 Å². The first-order valence-electron chi connectivity index (χ1n) is 8.68. The number of halogens is 1. The Morgan fingerprint density at radius 3 is 2.68 bits per heavy atom. The molecule has 1 aliphatic carbocycles. The SMILES string of the molecule is O=C(O)[C@H]1CCCCN1C(=O)c1cc(C2CC2)nc2ccc(F)cc12. The van der Waals surface area contributed by atoms with Crippen molar-refractivity contribution in [1.29, 1.82) is 0 Å². The van der Waals surface area contributed by atoms with Gasteiger partial charge in [0.25, 0.3) is 5.91 Å². The number of pyridine rings is 1. The average molecular weight is 342 g/mol. The minimum absolute atomic E-state index is 0.341. The molecule has 1 saturated carbocycles. The predicted octanol–water partition coefficient (Wildman–Crippen LogP) is 3.33. The first-order chi connectivity index (χ1) is 12.0. The van der Waals surface area contributed by atoms with Crippen LogP contribution in [0.25, 0.3) is 10.9 Å². The minimum atomic E-state index is -0.986. The van der Waals surface area contributed by atoms with Crippen molar-refractivity contribution in [2.75, 3.05) is 6.54 Å². The Labute approximate surface area is 144 Å². The van der Waals surface area contributed by atoms with Gasteiger partial charge in [0.05, 0.1) is 11.1 Å². The molecule has 4 rings (SSSR count). The van der Waals surface area contributed by atoms with Crippen molar-refractivity contribution >= 4 is 22.8 Å². The van der Waals surface area contributed by atoms with E-state index in [4.69, 9.17) is 0 Å². The van der Waals surface area contributed by atoms with Gasteiger partial charge in [-0.25, -0.2) is 9.18 Å². The normalized spacial score (nSPS) is 20.7. The van der Waals surface area contributed by atoms with Gasteiger partial charge < -0.3 is 10.0 Å². The number of aromatic nitrogens is 1. The zero-order valence-electron chi connectivity index (χ0n) is 13.7. The third-order valence-electron chi connectivity index (χ3n) is 5.07. The molecular formula is C19H19FN2O3. The van der Waals surface area contributed by atoms with E-state index < -0.39 is 17.8 Å². The lowest BCUT2D eigenvalue weighted by Crippen LogP contribution is -2.48. The molecule has 0 bridgehead atoms. The van der Waals surface area contributed by atoms with Gasteiger partial charge in [0.2, 0.25) is 0 Å². The Morgan fingerprint density at radius 2 is 1.96 bits per heavy atom. The molecule has 2 aliphatic rings. The van der Waals surface area contributed by atoms with Gasteiger partial charge in [0, 0.05) is 23.5 Å². The fourth-order valence-corrected chi connectivity index (χ4v) is 3.57. The lowest BCUT2D eigenvalue weighted by molar-refractivity contribution is -0.143. The number of hydrogen-bond acceptors (Lipinski definition) is 3. The molecule has 25 heavy (non-hydrogen) atoms. The molecular weight excluding hydrogens is 323 g/mol. The number of carboxylic acids is 1. The third kappa shape index (κ3) is 2.97. The molecule has 6 heteroatoms. The molecule has 2 fully saturated rings. The number of carbonyl (C=O) groups excluding carboxylic acids is 1. The van der Waals surface area contributed by atoms with Gasteiger partial charge in [-0.15, -0.1) is 0 Å². The molecule has 2 aromatic rings. The fourth-order valence-electron chi connectivity index (χ4n) is 3.57. The lowest BCUT2D eigenvalue weighted by Gasteiger charge is -2.33. The first kappa shape index (κ1) is 16.0. The number of fused-ring (bicyclic) bond motifs is 1. The zero-order chi connectivity index (χ0) is 17.6. The van der Waals surface area contributed by atoms with Crippen LogP contribution in [-0.2, 0) is 4.79 Å². The van der Waals surface area contributed by atoms with Crippen molar-refractivity contribution in [3.05, 3.63) is 41.3 Å². The predicted molar refractivity (Wildman–Crippen MR) is 90.0 cm³/mol. The monoisotopic (exact) mass is 342 g/mol. The maximum Gasteiger partial charge on any atom is 0.326 e. The molecule has 1 amide bonds. The van der Waals surface area contributed by atoms with Gasteiger partial charge in [-0.1, -0.05) is 0 Å². The largest absolute Gasteiger partial charge is 0.480 e. The van der Waals surface area contributed by atoms with E-state index in [1.807, 2.05) is 0 Å². The fraction of sp³-hybridized carbons (Fsp3) is 0.421. The number of benzene rings is 1. The van der Waals surface area contributed by atoms with Gasteiger partial charge in [0.1, 0.15) is 11.9 Å². The molecule has 1 saturated heterocycles. The maximum atomic E-state index is 13.8. The van der Waals surface area contributed by atoms with Gasteiger partial charge in [-0.05, 0) is 56.4 Å². The van der Waals surface area contributed by atoms with E-state index in [-0.39, 0.29) is 5.91 Å². The zero-order valence-corrected chi connectivity index (χ0v) is 13.7. The van der Waals surface area contributed by atoms with Crippen molar-refractivity contribution in [3.8, 4) is 0 Å². The average Bonchev–Trinajstić information content (AvgIpc) is 3.45. The molecule has 1 aromatic carbocycles. The number of carboxylic acid groups (broad SMARTS) is 1. The second-order valence-electron chi connectivity index (χ2n) is 6.88. The molecule has 1 aliphatic heterocycles. The summed E-state index contributed by atoms with van der Waals surface area (Å²) in [5, 5.41) is 9.90. The summed E-state index contributed by atoms with van der Waals surface area (Å²) >= 11 is 0. The van der Waals surface area contributed by atoms with Crippen LogP contribution in [0.15, 0.2) is 24.3 Å². The molecule has 1 atom stereocenters. The van der Waals surface area contributed by atoms with Crippen LogP contribution in [0.2, 0.25) is 0 Å². The lowest BCUT2D eigenvalue weighted by atomic mass is 9.99. The van der Waals surface area contributed by atoms with Crippen LogP contribution in [0.3, 0.4) is 0 Å². The highest BCUT2D eigenvalue weighted by Crippen LogP contribution is 2.40. The molecule has 0 unspecified atom stereocenters. The van der Waals surface area contributed by atoms with Crippen LogP contribution < -0.4 is 0 Å². The van der Waals surface area contributed by atoms with E-state index in [1.54, 1.807) is 12.1 Å². The second-order valence-corrected chi connectivity index (χ2v) is 6.88. The van der Waals surface area contributed by atoms with Crippen LogP contribution in [0.1, 0.15) is 54.1 Å². The highest BCUT2D eigenvalue weighted by Gasteiger charge is 2.34. The highest BCUT2D eigenvalue weighted by molar-refractivity contribution is 6.07. The number of hydrogen-bond donors (Lipinski definition) is 1. The topological polar surface area (TPSA) is 70.5 Å². The summed E-state index contributed by atoms with van der Waals surface area (Å²) in [6.07, 6.45) is 4.10. The Kier molecular flexibility index (Phi) is 3.90. The van der Waals surface area contributed by atoms with Crippen molar-refractivity contribution < 1.29 is 19.1 Å². The quantitative estimate of drug-likeness (QED) is 0.929. The summed E-state index contributed by atoms with van der Waals surface area (Å²) in [6.45, 7) is 0.410. The summed E-state index contributed by atoms with van der Waals surface area (Å²) in [6, 6.07) is 5.14. The summed E-state index contributed by atoms with van der Waals surface area (Å²) in [5.41, 5.74) is 1.78. The summed E-state index contributed by atoms with van der Waals surface area (Å²) in [7, 11) is 0. The summed E-state index contributed by atoms with van der Waals surface area (Å²) in [4.78, 5) is 30.7. The third-order valence-corrected chi connectivity index (χ3v) is 5.07. The van der Waals surface area contributed by atoms with Crippen molar-refractivity contribution in [2.24, 2.45) is 0 Å². The van der Waals surface area contributed by atoms with Crippen molar-refractivity contribution in [1.82, 2.24) is 9.88 Å². The van der Waals surface area contributed by atoms with Gasteiger partial charge in [-0.2, -0.15) is 0 Å². The van der Waals surface area contributed by atoms with Crippen LogP contribution in [-0.4, -0.2) is 39.5 Å². The minimum Gasteiger partial charge on any atom is -0.480 e. The van der Waals surface area contributed by atoms with Crippen LogP contribution in [0.5, 0.6) is 0 Å². The van der Waals surface area contributed by atoms with Gasteiger partial charge >= 0.3 is 5.97 Å². The molecule has 5 nitrogen and oxygen atoms in total. The number of carbonyl (C=O) groups is 2. The van der Waals surface area contributed by atoms with Gasteiger partial charge in [0.15, 0.2) is 0 Å². The Morgan fingerprint density at radius 1 is 1.16 bits per heavy atom. The van der Waals surface area contributed by atoms with E-state index in [0.29, 0.717) is 35.3 Å². The van der Waals surface area contributed by atoms with Crippen LogP contribution >= 0.6 is 0 Å². The Hall–Kier alpha value is -2.50. The smallest absolute Gasteiger partial charge is 0.326 e. The number of piperidine rings is 1. The van der Waals surface area contributed by atoms with E-state index in [1.165, 1.54) is 17.0 Å². The van der Waals surface area contributed by atoms with Crippen LogP contribution in [0, 0.1) is 5.82 Å². The first-order valence-corrected chi connectivity index (χ1v) is 8.68. The highest BCUT2D eigenvalue weighted by atomic mass is 19.1. The Bertz CT molecular complexity index is 863. The van der Waals surface area contributed by atoms with Gasteiger partial charge in [-0.3, -0.25) is 9.78 Å². The molecule has 1 aromatic heterocycles. The second kappa shape index (κ2) is 6.10. The summed E-state index contributed by atoms with van der Waals surface area (Å²) in [5.74, 6) is -1.42.